The molecular weight excluding hydrogens is 331 g/mol. The van der Waals surface area contributed by atoms with E-state index in [0.717, 1.165) is 9.87 Å². The Morgan fingerprint density at radius 2 is 1.62 bits per heavy atom. The number of benzene rings is 2. The Labute approximate surface area is 141 Å². The molecule has 0 unspecified atom stereocenters. The molecule has 0 radical (unpaired) electrons. The minimum absolute atomic E-state index is 0.135. The first-order valence-electron chi connectivity index (χ1n) is 7.36. The number of halogens is 1. The molecule has 2 rings (SSSR count). The molecule has 0 atom stereocenters. The molecule has 0 fully saturated rings. The van der Waals surface area contributed by atoms with Crippen molar-refractivity contribution >= 4 is 15.9 Å². The minimum Gasteiger partial charge on any atom is -0.352 e. The van der Waals surface area contributed by atoms with Crippen LogP contribution < -0.4 is 5.32 Å². The molecule has 2 aromatic rings. The van der Waals surface area contributed by atoms with Crippen LogP contribution in [0.1, 0.15) is 15.9 Å². The largest absolute Gasteiger partial charge is 0.352 e. The van der Waals surface area contributed by atoms with E-state index in [2.05, 4.69) is 5.32 Å². The number of nitrogens with one attached hydrogen (secondary N) is 1. The Hall–Kier alpha value is -2.25. The van der Waals surface area contributed by atoms with Crippen molar-refractivity contribution in [3.63, 3.8) is 0 Å². The number of carbonyl (C=O) groups is 1. The van der Waals surface area contributed by atoms with Gasteiger partial charge in [0, 0.05) is 26.2 Å². The number of rotatable bonds is 6. The van der Waals surface area contributed by atoms with Gasteiger partial charge in [-0.3, -0.25) is 4.79 Å². The first kappa shape index (κ1) is 18.1. The Morgan fingerprint density at radius 3 is 2.17 bits per heavy atom. The maximum atomic E-state index is 12.8. The third-order valence-corrected chi connectivity index (χ3v) is 5.34. The van der Waals surface area contributed by atoms with Crippen LogP contribution in [0.3, 0.4) is 0 Å². The summed E-state index contributed by atoms with van der Waals surface area (Å²) in [6, 6.07) is 11.9. The number of carbonyl (C=O) groups excluding carboxylic acids is 1. The van der Waals surface area contributed by atoms with E-state index in [1.165, 1.54) is 50.5 Å². The van der Waals surface area contributed by atoms with Gasteiger partial charge in [-0.1, -0.05) is 12.1 Å². The topological polar surface area (TPSA) is 66.5 Å². The molecule has 1 amide bonds. The van der Waals surface area contributed by atoms with Crippen LogP contribution in [0.25, 0.3) is 0 Å². The number of hydrogen-bond acceptors (Lipinski definition) is 3. The van der Waals surface area contributed by atoms with E-state index >= 15 is 0 Å². The van der Waals surface area contributed by atoms with Crippen molar-refractivity contribution in [2.24, 2.45) is 0 Å². The van der Waals surface area contributed by atoms with Crippen LogP contribution in [0.4, 0.5) is 4.39 Å². The normalized spacial score (nSPS) is 11.5. The van der Waals surface area contributed by atoms with Crippen LogP contribution >= 0.6 is 0 Å². The molecule has 0 aliphatic rings. The van der Waals surface area contributed by atoms with Gasteiger partial charge in [-0.15, -0.1) is 0 Å². The molecule has 0 saturated heterocycles. The van der Waals surface area contributed by atoms with Gasteiger partial charge in [0.05, 0.1) is 4.90 Å². The molecule has 1 N–H and O–H groups in total. The lowest BCUT2D eigenvalue weighted by atomic mass is 10.1. The van der Waals surface area contributed by atoms with Crippen LogP contribution in [-0.4, -0.2) is 39.3 Å². The SMILES string of the molecule is CN(C)S(=O)(=O)c1ccc(C(=O)NCCc2ccc(F)cc2)cc1. The zero-order valence-corrected chi connectivity index (χ0v) is 14.3. The lowest BCUT2D eigenvalue weighted by Crippen LogP contribution is -2.26. The van der Waals surface area contributed by atoms with Crippen LogP contribution in [0, 0.1) is 5.82 Å². The predicted octanol–water partition coefficient (Wildman–Crippen LogP) is 2.05. The lowest BCUT2D eigenvalue weighted by molar-refractivity contribution is 0.0954. The summed E-state index contributed by atoms with van der Waals surface area (Å²) in [5.74, 6) is -0.582. The summed E-state index contributed by atoms with van der Waals surface area (Å²) in [4.78, 5) is 12.2. The van der Waals surface area contributed by atoms with Gasteiger partial charge in [0.1, 0.15) is 5.82 Å². The maximum absolute atomic E-state index is 12.8. The quantitative estimate of drug-likeness (QED) is 0.867. The van der Waals surface area contributed by atoms with Crippen molar-refractivity contribution in [3.05, 3.63) is 65.5 Å². The van der Waals surface area contributed by atoms with E-state index in [4.69, 9.17) is 0 Å². The van der Waals surface area contributed by atoms with E-state index in [1.807, 2.05) is 0 Å². The van der Waals surface area contributed by atoms with Crippen molar-refractivity contribution in [1.29, 1.82) is 0 Å². The average Bonchev–Trinajstić information content (AvgIpc) is 2.56. The second-order valence-electron chi connectivity index (χ2n) is 5.44. The second kappa shape index (κ2) is 7.55. The Bertz CT molecular complexity index is 801. The molecule has 0 aliphatic carbocycles. The van der Waals surface area contributed by atoms with Crippen molar-refractivity contribution in [1.82, 2.24) is 9.62 Å². The van der Waals surface area contributed by atoms with Gasteiger partial charge in [0.25, 0.3) is 5.91 Å². The highest BCUT2D eigenvalue weighted by Crippen LogP contribution is 2.14. The van der Waals surface area contributed by atoms with Crippen LogP contribution in [0.15, 0.2) is 53.4 Å². The summed E-state index contributed by atoms with van der Waals surface area (Å²) in [7, 11) is -0.605. The van der Waals surface area contributed by atoms with Gasteiger partial charge in [-0.05, 0) is 48.4 Å². The van der Waals surface area contributed by atoms with Gasteiger partial charge >= 0.3 is 0 Å². The molecule has 128 valence electrons. The molecule has 2 aromatic carbocycles. The van der Waals surface area contributed by atoms with E-state index in [1.54, 1.807) is 12.1 Å². The third kappa shape index (κ3) is 4.39. The van der Waals surface area contributed by atoms with E-state index in [0.29, 0.717) is 18.5 Å². The molecule has 24 heavy (non-hydrogen) atoms. The fraction of sp³-hybridized carbons (Fsp3) is 0.235. The second-order valence-corrected chi connectivity index (χ2v) is 7.60. The molecule has 0 spiro atoms. The Morgan fingerprint density at radius 1 is 1.04 bits per heavy atom. The highest BCUT2D eigenvalue weighted by Gasteiger charge is 2.17. The average molecular weight is 350 g/mol. The van der Waals surface area contributed by atoms with Crippen molar-refractivity contribution in [3.8, 4) is 0 Å². The summed E-state index contributed by atoms with van der Waals surface area (Å²) < 4.78 is 37.9. The zero-order valence-electron chi connectivity index (χ0n) is 13.5. The van der Waals surface area contributed by atoms with Gasteiger partial charge in [0.2, 0.25) is 10.0 Å². The van der Waals surface area contributed by atoms with Gasteiger partial charge in [-0.25, -0.2) is 17.1 Å². The monoisotopic (exact) mass is 350 g/mol. The fourth-order valence-corrected chi connectivity index (χ4v) is 2.96. The molecule has 0 saturated carbocycles. The van der Waals surface area contributed by atoms with E-state index < -0.39 is 10.0 Å². The van der Waals surface area contributed by atoms with Gasteiger partial charge < -0.3 is 5.32 Å². The first-order valence-corrected chi connectivity index (χ1v) is 8.80. The smallest absolute Gasteiger partial charge is 0.251 e. The minimum atomic E-state index is -3.50. The van der Waals surface area contributed by atoms with Crippen molar-refractivity contribution < 1.29 is 17.6 Å². The first-order chi connectivity index (χ1) is 11.3. The van der Waals surface area contributed by atoms with Gasteiger partial charge in [0.15, 0.2) is 0 Å². The standard InChI is InChI=1S/C17H19FN2O3S/c1-20(2)24(22,23)16-9-5-14(6-10-16)17(21)19-12-11-13-3-7-15(18)8-4-13/h3-10H,11-12H2,1-2H3,(H,19,21). The van der Waals surface area contributed by atoms with E-state index in [-0.39, 0.29) is 16.6 Å². The Kier molecular flexibility index (Phi) is 5.69. The highest BCUT2D eigenvalue weighted by atomic mass is 32.2. The van der Waals surface area contributed by atoms with Crippen LogP contribution in [0.2, 0.25) is 0 Å². The molecule has 0 bridgehead atoms. The number of hydrogen-bond donors (Lipinski definition) is 1. The predicted molar refractivity (Wildman–Crippen MR) is 89.8 cm³/mol. The molecule has 0 aliphatic heterocycles. The Balaban J connectivity index is 1.94. The molecular formula is C17H19FN2O3S. The highest BCUT2D eigenvalue weighted by molar-refractivity contribution is 7.89. The summed E-state index contributed by atoms with van der Waals surface area (Å²) >= 11 is 0. The third-order valence-electron chi connectivity index (χ3n) is 3.51. The van der Waals surface area contributed by atoms with Crippen molar-refractivity contribution in [2.45, 2.75) is 11.3 Å². The number of nitrogens with zero attached hydrogens (tertiary/aromatic N) is 1. The molecule has 5 nitrogen and oxygen atoms in total. The van der Waals surface area contributed by atoms with Crippen LogP contribution in [0.5, 0.6) is 0 Å². The summed E-state index contributed by atoms with van der Waals surface area (Å²) in [5, 5.41) is 2.75. The molecule has 0 aromatic heterocycles. The fourth-order valence-electron chi connectivity index (χ4n) is 2.06. The number of amides is 1. The summed E-state index contributed by atoms with van der Waals surface area (Å²) in [6.07, 6.45) is 0.582. The number of sulfonamides is 1. The maximum Gasteiger partial charge on any atom is 0.251 e. The summed E-state index contributed by atoms with van der Waals surface area (Å²) in [5.41, 5.74) is 1.30. The zero-order chi connectivity index (χ0) is 17.7. The lowest BCUT2D eigenvalue weighted by Gasteiger charge is -2.11. The summed E-state index contributed by atoms with van der Waals surface area (Å²) in [6.45, 7) is 0.405. The van der Waals surface area contributed by atoms with E-state index in [9.17, 15) is 17.6 Å². The molecule has 7 heteroatoms. The van der Waals surface area contributed by atoms with Crippen molar-refractivity contribution in [2.75, 3.05) is 20.6 Å². The van der Waals surface area contributed by atoms with Gasteiger partial charge in [-0.2, -0.15) is 0 Å². The van der Waals surface area contributed by atoms with Crippen LogP contribution in [-0.2, 0) is 16.4 Å². The molecule has 0 heterocycles.